The van der Waals surface area contributed by atoms with Crippen LogP contribution in [0.3, 0.4) is 0 Å². The topological polar surface area (TPSA) is 51.4 Å². The molecule has 0 radical (unpaired) electrons. The number of rotatable bonds is 6. The molecule has 2 spiro atoms. The molecule has 0 aromatic heterocycles. The second-order valence-corrected chi connectivity index (χ2v) is 13.8. The predicted molar refractivity (Wildman–Crippen MR) is 128 cm³/mol. The van der Waals surface area contributed by atoms with Crippen molar-refractivity contribution in [1.82, 2.24) is 0 Å². The van der Waals surface area contributed by atoms with Gasteiger partial charge in [0, 0.05) is 12.3 Å². The SMILES string of the molecule is CC(=O)O[C@H]1CC[C@@]2(C)[C@H](C1)C[C@H]1O[C@@]13[C@@H]1CC[C@H]([C@H](C)CCCC(C)C)[C@@]1(C)C[C@H]1O[C@]132. The molecule has 2 saturated heterocycles. The van der Waals surface area contributed by atoms with Gasteiger partial charge in [0.25, 0.3) is 0 Å². The molecule has 4 nitrogen and oxygen atoms in total. The summed E-state index contributed by atoms with van der Waals surface area (Å²) < 4.78 is 19.5. The first-order chi connectivity index (χ1) is 15.6. The van der Waals surface area contributed by atoms with Gasteiger partial charge >= 0.3 is 5.97 Å². The minimum atomic E-state index is -0.136. The summed E-state index contributed by atoms with van der Waals surface area (Å²) in [5, 5.41) is 0. The quantitative estimate of drug-likeness (QED) is 0.346. The molecule has 11 atom stereocenters. The van der Waals surface area contributed by atoms with Gasteiger partial charge in [0.2, 0.25) is 0 Å². The average Bonchev–Trinajstić information content (AvgIpc) is 3.59. The molecule has 33 heavy (non-hydrogen) atoms. The Morgan fingerprint density at radius 3 is 2.55 bits per heavy atom. The fourth-order valence-electron chi connectivity index (χ4n) is 10.4. The average molecular weight is 459 g/mol. The van der Waals surface area contributed by atoms with E-state index in [1.54, 1.807) is 6.92 Å². The van der Waals surface area contributed by atoms with Crippen molar-refractivity contribution in [3.05, 3.63) is 0 Å². The van der Waals surface area contributed by atoms with Crippen molar-refractivity contribution in [2.45, 2.75) is 135 Å². The molecule has 4 saturated carbocycles. The molecule has 4 aliphatic carbocycles. The number of ether oxygens (including phenoxy) is 3. The summed E-state index contributed by atoms with van der Waals surface area (Å²) in [6.07, 6.45) is 13.0. The number of carbonyl (C=O) groups is 1. The van der Waals surface area contributed by atoms with E-state index in [0.29, 0.717) is 29.5 Å². The minimum absolute atomic E-state index is 0.0312. The van der Waals surface area contributed by atoms with Crippen molar-refractivity contribution in [3.63, 3.8) is 0 Å². The van der Waals surface area contributed by atoms with Crippen LogP contribution in [-0.2, 0) is 19.0 Å². The first kappa shape index (κ1) is 22.8. The van der Waals surface area contributed by atoms with E-state index < -0.39 is 0 Å². The van der Waals surface area contributed by atoms with Gasteiger partial charge in [-0.25, -0.2) is 0 Å². The van der Waals surface area contributed by atoms with Gasteiger partial charge in [0.15, 0.2) is 0 Å². The van der Waals surface area contributed by atoms with Gasteiger partial charge in [-0.05, 0) is 80.0 Å². The summed E-state index contributed by atoms with van der Waals surface area (Å²) in [6.45, 7) is 13.9. The normalized spacial score (nSPS) is 54.4. The van der Waals surface area contributed by atoms with Crippen LogP contribution in [0, 0.1) is 40.4 Å². The molecule has 6 rings (SSSR count). The number of epoxide rings is 2. The van der Waals surface area contributed by atoms with E-state index in [-0.39, 0.29) is 28.7 Å². The summed E-state index contributed by atoms with van der Waals surface area (Å²) in [7, 11) is 0. The monoisotopic (exact) mass is 458 g/mol. The maximum atomic E-state index is 11.6. The van der Waals surface area contributed by atoms with E-state index in [1.165, 1.54) is 38.5 Å². The molecular weight excluding hydrogens is 412 g/mol. The fraction of sp³-hybridized carbons (Fsp3) is 0.966. The van der Waals surface area contributed by atoms with Gasteiger partial charge in [0.05, 0.1) is 12.2 Å². The van der Waals surface area contributed by atoms with Gasteiger partial charge in [-0.3, -0.25) is 4.79 Å². The maximum Gasteiger partial charge on any atom is 0.302 e. The smallest absolute Gasteiger partial charge is 0.302 e. The van der Waals surface area contributed by atoms with Crippen LogP contribution in [-0.4, -0.2) is 35.5 Å². The number of fused-ring (bicyclic) bond motifs is 2. The van der Waals surface area contributed by atoms with E-state index in [4.69, 9.17) is 14.2 Å². The lowest BCUT2D eigenvalue weighted by Gasteiger charge is -2.57. The minimum Gasteiger partial charge on any atom is -0.463 e. The fourth-order valence-corrected chi connectivity index (χ4v) is 10.4. The zero-order valence-corrected chi connectivity index (χ0v) is 21.8. The highest BCUT2D eigenvalue weighted by Gasteiger charge is 2.94. The van der Waals surface area contributed by atoms with Crippen molar-refractivity contribution in [1.29, 1.82) is 0 Å². The number of esters is 1. The molecule has 0 N–H and O–H groups in total. The van der Waals surface area contributed by atoms with Crippen LogP contribution in [0.1, 0.15) is 106 Å². The Kier molecular flexibility index (Phi) is 4.99. The molecule has 0 aromatic carbocycles. The van der Waals surface area contributed by atoms with E-state index in [0.717, 1.165) is 43.4 Å². The third-order valence-corrected chi connectivity index (χ3v) is 11.9. The molecule has 0 bridgehead atoms. The first-order valence-electron chi connectivity index (χ1n) is 14.1. The van der Waals surface area contributed by atoms with E-state index >= 15 is 0 Å². The predicted octanol–water partition coefficient (Wildman–Crippen LogP) is 6.30. The van der Waals surface area contributed by atoms with E-state index in [2.05, 4.69) is 34.6 Å². The lowest BCUT2D eigenvalue weighted by molar-refractivity contribution is -0.156. The van der Waals surface area contributed by atoms with Crippen LogP contribution in [0.4, 0.5) is 0 Å². The summed E-state index contributed by atoms with van der Waals surface area (Å²) in [4.78, 5) is 11.6. The van der Waals surface area contributed by atoms with Crippen molar-refractivity contribution in [2.75, 3.05) is 0 Å². The highest BCUT2D eigenvalue weighted by atomic mass is 16.7. The highest BCUT2D eigenvalue weighted by Crippen LogP contribution is 2.83. The molecule has 186 valence electrons. The van der Waals surface area contributed by atoms with Crippen LogP contribution in [0.15, 0.2) is 0 Å². The van der Waals surface area contributed by atoms with Gasteiger partial charge in [-0.2, -0.15) is 0 Å². The standard InChI is InChI=1S/C29H46O4/c1-17(2)8-7-9-18(3)22-10-11-23-26(22,5)16-25-29(33-25)27(6)13-12-21(31-19(4)30)14-20(27)15-24-28(23,29)32-24/h17-18,20-25H,7-16H2,1-6H3/t18-,20-,21+,22-,23-,24-,25-,26-,27+,28+,29+/m1/s1. The van der Waals surface area contributed by atoms with Crippen LogP contribution in [0.25, 0.3) is 0 Å². The summed E-state index contributed by atoms with van der Waals surface area (Å²) in [6, 6.07) is 0. The summed E-state index contributed by atoms with van der Waals surface area (Å²) in [5.41, 5.74) is 0.406. The molecular formula is C29H46O4. The lowest BCUT2D eigenvalue weighted by atomic mass is 9.43. The Hall–Kier alpha value is -0.610. The Labute approximate surface area is 200 Å². The largest absolute Gasteiger partial charge is 0.463 e. The van der Waals surface area contributed by atoms with Crippen molar-refractivity contribution in [3.8, 4) is 0 Å². The zero-order valence-electron chi connectivity index (χ0n) is 21.8. The van der Waals surface area contributed by atoms with Crippen LogP contribution in [0.2, 0.25) is 0 Å². The molecule has 0 amide bonds. The van der Waals surface area contributed by atoms with Gasteiger partial charge in [0.1, 0.15) is 17.3 Å². The Morgan fingerprint density at radius 2 is 1.82 bits per heavy atom. The number of hydrogen-bond donors (Lipinski definition) is 0. The molecule has 4 heteroatoms. The van der Waals surface area contributed by atoms with Gasteiger partial charge in [-0.15, -0.1) is 0 Å². The maximum absolute atomic E-state index is 11.6. The molecule has 6 fully saturated rings. The van der Waals surface area contributed by atoms with Crippen LogP contribution < -0.4 is 0 Å². The van der Waals surface area contributed by atoms with E-state index in [9.17, 15) is 4.79 Å². The lowest BCUT2D eigenvalue weighted by Crippen LogP contribution is -2.66. The number of carbonyl (C=O) groups excluding carboxylic acids is 1. The van der Waals surface area contributed by atoms with Crippen molar-refractivity contribution < 1.29 is 19.0 Å². The highest BCUT2D eigenvalue weighted by molar-refractivity contribution is 5.66. The van der Waals surface area contributed by atoms with Crippen LogP contribution >= 0.6 is 0 Å². The third-order valence-electron chi connectivity index (χ3n) is 11.9. The second kappa shape index (κ2) is 7.21. The third kappa shape index (κ3) is 2.86. The van der Waals surface area contributed by atoms with Gasteiger partial charge < -0.3 is 14.2 Å². The summed E-state index contributed by atoms with van der Waals surface area (Å²) >= 11 is 0. The van der Waals surface area contributed by atoms with E-state index in [1.807, 2.05) is 0 Å². The number of hydrogen-bond acceptors (Lipinski definition) is 4. The Bertz CT molecular complexity index is 824. The second-order valence-electron chi connectivity index (χ2n) is 13.8. The Morgan fingerprint density at radius 1 is 1.03 bits per heavy atom. The molecule has 2 aliphatic heterocycles. The molecule has 0 unspecified atom stereocenters. The van der Waals surface area contributed by atoms with Crippen LogP contribution in [0.5, 0.6) is 0 Å². The molecule has 2 heterocycles. The summed E-state index contributed by atoms with van der Waals surface area (Å²) in [5.74, 6) is 3.47. The molecule has 0 aromatic rings. The van der Waals surface area contributed by atoms with Crippen molar-refractivity contribution >= 4 is 5.97 Å². The Balaban J connectivity index is 1.24. The van der Waals surface area contributed by atoms with Gasteiger partial charge in [-0.1, -0.05) is 53.9 Å². The van der Waals surface area contributed by atoms with Crippen molar-refractivity contribution in [2.24, 2.45) is 40.4 Å². The zero-order chi connectivity index (χ0) is 23.4. The first-order valence-corrected chi connectivity index (χ1v) is 14.1. The molecule has 6 aliphatic rings.